The van der Waals surface area contributed by atoms with Gasteiger partial charge in [0.05, 0.1) is 0 Å². The summed E-state index contributed by atoms with van der Waals surface area (Å²) in [7, 11) is 0. The summed E-state index contributed by atoms with van der Waals surface area (Å²) in [5, 5.41) is 7.71. The summed E-state index contributed by atoms with van der Waals surface area (Å²) in [5.74, 6) is 1.57. The summed E-state index contributed by atoms with van der Waals surface area (Å²) in [6.45, 7) is 2.03. The minimum absolute atomic E-state index is 0.690. The third-order valence-electron chi connectivity index (χ3n) is 2.04. The van der Waals surface area contributed by atoms with Crippen LogP contribution in [0.5, 0.6) is 0 Å². The SMILES string of the molecule is CCc1nc(-c2ccc(Cl)cc2Br)n[nH]1. The summed E-state index contributed by atoms with van der Waals surface area (Å²) in [4.78, 5) is 4.35. The quantitative estimate of drug-likeness (QED) is 0.918. The predicted octanol–water partition coefficient (Wildman–Crippen LogP) is 3.45. The number of aromatic nitrogens is 3. The highest BCUT2D eigenvalue weighted by atomic mass is 79.9. The maximum atomic E-state index is 5.86. The van der Waals surface area contributed by atoms with Crippen molar-refractivity contribution in [3.63, 3.8) is 0 Å². The van der Waals surface area contributed by atoms with Crippen LogP contribution in [0.25, 0.3) is 11.4 Å². The third-order valence-corrected chi connectivity index (χ3v) is 2.93. The van der Waals surface area contributed by atoms with E-state index >= 15 is 0 Å². The summed E-state index contributed by atoms with van der Waals surface area (Å²) in [5.41, 5.74) is 0.940. The summed E-state index contributed by atoms with van der Waals surface area (Å²) >= 11 is 9.29. The van der Waals surface area contributed by atoms with Crippen molar-refractivity contribution in [2.24, 2.45) is 0 Å². The molecule has 15 heavy (non-hydrogen) atoms. The minimum Gasteiger partial charge on any atom is -0.263 e. The van der Waals surface area contributed by atoms with E-state index in [1.807, 2.05) is 25.1 Å². The van der Waals surface area contributed by atoms with Crippen molar-refractivity contribution >= 4 is 27.5 Å². The maximum Gasteiger partial charge on any atom is 0.182 e. The summed E-state index contributed by atoms with van der Waals surface area (Å²) < 4.78 is 0.900. The first-order valence-electron chi connectivity index (χ1n) is 4.57. The van der Waals surface area contributed by atoms with Crippen LogP contribution >= 0.6 is 27.5 Å². The van der Waals surface area contributed by atoms with Crippen LogP contribution in [0.15, 0.2) is 22.7 Å². The maximum absolute atomic E-state index is 5.86. The molecule has 0 unspecified atom stereocenters. The Balaban J connectivity index is 2.44. The molecule has 1 aromatic heterocycles. The fourth-order valence-corrected chi connectivity index (χ4v) is 2.10. The van der Waals surface area contributed by atoms with Gasteiger partial charge in [0.1, 0.15) is 5.82 Å². The van der Waals surface area contributed by atoms with Crippen LogP contribution in [0.1, 0.15) is 12.7 Å². The van der Waals surface area contributed by atoms with Gasteiger partial charge < -0.3 is 0 Å². The molecule has 1 aromatic carbocycles. The van der Waals surface area contributed by atoms with E-state index in [4.69, 9.17) is 11.6 Å². The molecule has 0 spiro atoms. The van der Waals surface area contributed by atoms with E-state index in [2.05, 4.69) is 31.1 Å². The zero-order chi connectivity index (χ0) is 10.8. The van der Waals surface area contributed by atoms with E-state index in [1.54, 1.807) is 0 Å². The Kier molecular flexibility index (Phi) is 3.07. The molecule has 1 N–H and O–H groups in total. The lowest BCUT2D eigenvalue weighted by atomic mass is 10.2. The molecule has 0 aliphatic rings. The standard InChI is InChI=1S/C10H9BrClN3/c1-2-9-13-10(15-14-9)7-4-3-6(12)5-8(7)11/h3-5H,2H2,1H3,(H,13,14,15). The number of halogens is 2. The van der Waals surface area contributed by atoms with Crippen LogP contribution in [-0.4, -0.2) is 15.2 Å². The van der Waals surface area contributed by atoms with Crippen LogP contribution in [0.2, 0.25) is 5.02 Å². The first-order valence-corrected chi connectivity index (χ1v) is 5.74. The van der Waals surface area contributed by atoms with Crippen LogP contribution < -0.4 is 0 Å². The molecule has 0 aliphatic carbocycles. The van der Waals surface area contributed by atoms with Gasteiger partial charge in [-0.05, 0) is 34.1 Å². The second-order valence-electron chi connectivity index (χ2n) is 3.08. The topological polar surface area (TPSA) is 41.6 Å². The van der Waals surface area contributed by atoms with Crippen LogP contribution in [0.3, 0.4) is 0 Å². The summed E-state index contributed by atoms with van der Waals surface area (Å²) in [6, 6.07) is 5.55. The Morgan fingerprint density at radius 3 is 2.87 bits per heavy atom. The molecule has 0 saturated heterocycles. The number of aromatic amines is 1. The highest BCUT2D eigenvalue weighted by Crippen LogP contribution is 2.28. The van der Waals surface area contributed by atoms with Crippen molar-refractivity contribution in [2.45, 2.75) is 13.3 Å². The first kappa shape index (κ1) is 10.6. The van der Waals surface area contributed by atoms with Gasteiger partial charge in [-0.2, -0.15) is 5.10 Å². The molecule has 1 heterocycles. The third kappa shape index (κ3) is 2.21. The predicted molar refractivity (Wildman–Crippen MR) is 63.9 cm³/mol. The second-order valence-corrected chi connectivity index (χ2v) is 4.37. The molecule has 0 fully saturated rings. The highest BCUT2D eigenvalue weighted by Gasteiger charge is 2.08. The Morgan fingerprint density at radius 1 is 1.47 bits per heavy atom. The molecule has 78 valence electrons. The average Bonchev–Trinajstić information content (AvgIpc) is 2.66. The molecular weight excluding hydrogens is 277 g/mol. The lowest BCUT2D eigenvalue weighted by Gasteiger charge is -1.99. The molecule has 5 heteroatoms. The average molecular weight is 287 g/mol. The number of H-pyrrole nitrogens is 1. The van der Waals surface area contributed by atoms with Gasteiger partial charge in [0, 0.05) is 21.5 Å². The van der Waals surface area contributed by atoms with Crippen LogP contribution in [0, 0.1) is 0 Å². The van der Waals surface area contributed by atoms with E-state index in [1.165, 1.54) is 0 Å². The number of rotatable bonds is 2. The van der Waals surface area contributed by atoms with Crippen molar-refractivity contribution in [3.05, 3.63) is 33.5 Å². The van der Waals surface area contributed by atoms with E-state index in [0.29, 0.717) is 10.8 Å². The zero-order valence-electron chi connectivity index (χ0n) is 8.09. The van der Waals surface area contributed by atoms with Gasteiger partial charge in [-0.3, -0.25) is 5.10 Å². The Hall–Kier alpha value is -0.870. The van der Waals surface area contributed by atoms with Crippen molar-refractivity contribution in [1.29, 1.82) is 0 Å². The van der Waals surface area contributed by atoms with E-state index in [-0.39, 0.29) is 0 Å². The van der Waals surface area contributed by atoms with Gasteiger partial charge in [-0.15, -0.1) is 0 Å². The second kappa shape index (κ2) is 4.33. The van der Waals surface area contributed by atoms with E-state index in [0.717, 1.165) is 22.3 Å². The van der Waals surface area contributed by atoms with Crippen molar-refractivity contribution in [1.82, 2.24) is 15.2 Å². The van der Waals surface area contributed by atoms with Gasteiger partial charge in [0.15, 0.2) is 5.82 Å². The fraction of sp³-hybridized carbons (Fsp3) is 0.200. The summed E-state index contributed by atoms with van der Waals surface area (Å²) in [6.07, 6.45) is 0.845. The molecule has 0 radical (unpaired) electrons. The smallest absolute Gasteiger partial charge is 0.182 e. The van der Waals surface area contributed by atoms with Crippen molar-refractivity contribution < 1.29 is 0 Å². The monoisotopic (exact) mass is 285 g/mol. The van der Waals surface area contributed by atoms with E-state index in [9.17, 15) is 0 Å². The van der Waals surface area contributed by atoms with Gasteiger partial charge in [0.2, 0.25) is 0 Å². The lowest BCUT2D eigenvalue weighted by Crippen LogP contribution is -1.83. The molecule has 2 aromatic rings. The molecule has 0 aliphatic heterocycles. The van der Waals surface area contributed by atoms with E-state index < -0.39 is 0 Å². The Labute approximate surface area is 101 Å². The Bertz CT molecular complexity index is 481. The molecule has 0 bridgehead atoms. The number of nitrogens with one attached hydrogen (secondary N) is 1. The molecule has 0 amide bonds. The lowest BCUT2D eigenvalue weighted by molar-refractivity contribution is 0.946. The largest absolute Gasteiger partial charge is 0.263 e. The number of nitrogens with zero attached hydrogens (tertiary/aromatic N) is 2. The Morgan fingerprint density at radius 2 is 2.27 bits per heavy atom. The normalized spacial score (nSPS) is 10.6. The number of hydrogen-bond donors (Lipinski definition) is 1. The molecule has 2 rings (SSSR count). The van der Waals surface area contributed by atoms with Gasteiger partial charge in [0.25, 0.3) is 0 Å². The minimum atomic E-state index is 0.690. The van der Waals surface area contributed by atoms with Gasteiger partial charge >= 0.3 is 0 Å². The number of hydrogen-bond acceptors (Lipinski definition) is 2. The number of benzene rings is 1. The fourth-order valence-electron chi connectivity index (χ4n) is 1.24. The van der Waals surface area contributed by atoms with Crippen molar-refractivity contribution in [2.75, 3.05) is 0 Å². The molecule has 0 atom stereocenters. The van der Waals surface area contributed by atoms with Crippen LogP contribution in [0.4, 0.5) is 0 Å². The van der Waals surface area contributed by atoms with Gasteiger partial charge in [-0.1, -0.05) is 18.5 Å². The van der Waals surface area contributed by atoms with Gasteiger partial charge in [-0.25, -0.2) is 4.98 Å². The van der Waals surface area contributed by atoms with Crippen LogP contribution in [-0.2, 0) is 6.42 Å². The molecule has 3 nitrogen and oxygen atoms in total. The zero-order valence-corrected chi connectivity index (χ0v) is 10.4. The molecular formula is C10H9BrClN3. The molecule has 0 saturated carbocycles. The highest BCUT2D eigenvalue weighted by molar-refractivity contribution is 9.10. The first-order chi connectivity index (χ1) is 7.20. The van der Waals surface area contributed by atoms with Crippen molar-refractivity contribution in [3.8, 4) is 11.4 Å². The number of aryl methyl sites for hydroxylation is 1.